The van der Waals surface area contributed by atoms with E-state index in [9.17, 15) is 8.42 Å². The molecule has 130 valence electrons. The molecule has 0 aliphatic carbocycles. The van der Waals surface area contributed by atoms with Crippen LogP contribution in [0.2, 0.25) is 5.02 Å². The van der Waals surface area contributed by atoms with Gasteiger partial charge in [-0.05, 0) is 43.2 Å². The van der Waals surface area contributed by atoms with Crippen molar-refractivity contribution in [2.45, 2.75) is 23.7 Å². The lowest BCUT2D eigenvalue weighted by molar-refractivity contribution is 0.315. The van der Waals surface area contributed by atoms with Gasteiger partial charge in [-0.2, -0.15) is 4.31 Å². The molecule has 4 rings (SSSR count). The van der Waals surface area contributed by atoms with Gasteiger partial charge in [-0.3, -0.25) is 0 Å². The van der Waals surface area contributed by atoms with Crippen molar-refractivity contribution in [1.82, 2.24) is 9.29 Å². The van der Waals surface area contributed by atoms with Gasteiger partial charge in [-0.1, -0.05) is 29.8 Å². The molecule has 0 N–H and O–H groups in total. The van der Waals surface area contributed by atoms with Crippen molar-refractivity contribution >= 4 is 43.2 Å². The monoisotopic (exact) mass is 392 g/mol. The number of benzene rings is 2. The molecule has 1 fully saturated rings. The molecule has 0 radical (unpaired) electrons. The zero-order valence-electron chi connectivity index (χ0n) is 13.4. The zero-order chi connectivity index (χ0) is 17.4. The van der Waals surface area contributed by atoms with Crippen molar-refractivity contribution in [3.05, 3.63) is 58.6 Å². The van der Waals surface area contributed by atoms with Gasteiger partial charge in [0.15, 0.2) is 0 Å². The van der Waals surface area contributed by atoms with Crippen LogP contribution in [-0.4, -0.2) is 30.8 Å². The fourth-order valence-electron chi connectivity index (χ4n) is 3.20. The molecule has 2 heterocycles. The van der Waals surface area contributed by atoms with Crippen molar-refractivity contribution < 1.29 is 8.42 Å². The summed E-state index contributed by atoms with van der Waals surface area (Å²) in [4.78, 5) is 4.97. The number of sulfonamides is 1. The second kappa shape index (κ2) is 6.68. The summed E-state index contributed by atoms with van der Waals surface area (Å²) in [5.74, 6) is 0.139. The van der Waals surface area contributed by atoms with Gasteiger partial charge in [0.05, 0.1) is 20.1 Å². The smallest absolute Gasteiger partial charge is 0.241 e. The normalized spacial score (nSPS) is 19.3. The number of hydrogen-bond donors (Lipinski definition) is 0. The molecule has 3 aromatic rings. The summed E-state index contributed by atoms with van der Waals surface area (Å²) in [7, 11) is -3.53. The van der Waals surface area contributed by atoms with Crippen LogP contribution in [-0.2, 0) is 10.0 Å². The highest BCUT2D eigenvalue weighted by molar-refractivity contribution is 7.89. The molecule has 2 aromatic carbocycles. The van der Waals surface area contributed by atoms with E-state index in [1.54, 1.807) is 33.8 Å². The number of piperidine rings is 1. The van der Waals surface area contributed by atoms with Crippen LogP contribution in [0.5, 0.6) is 0 Å². The van der Waals surface area contributed by atoms with Gasteiger partial charge in [-0.25, -0.2) is 13.4 Å². The second-order valence-corrected chi connectivity index (χ2v) is 9.62. The average Bonchev–Trinajstić information content (AvgIpc) is 3.06. The Hall–Kier alpha value is -1.47. The molecule has 0 spiro atoms. The van der Waals surface area contributed by atoms with Gasteiger partial charge in [0.25, 0.3) is 0 Å². The van der Waals surface area contributed by atoms with Gasteiger partial charge >= 0.3 is 0 Å². The number of nitrogens with zero attached hydrogens (tertiary/aromatic N) is 2. The molecule has 0 unspecified atom stereocenters. The SMILES string of the molecule is O=S(=O)(c1cccc(Cl)c1)N1CCC[C@@H](c2nc3ccccc3s2)C1. The lowest BCUT2D eigenvalue weighted by atomic mass is 10.0. The van der Waals surface area contributed by atoms with Gasteiger partial charge in [0, 0.05) is 24.0 Å². The van der Waals surface area contributed by atoms with Crippen LogP contribution < -0.4 is 0 Å². The van der Waals surface area contributed by atoms with E-state index in [4.69, 9.17) is 16.6 Å². The highest BCUT2D eigenvalue weighted by Crippen LogP contribution is 2.34. The van der Waals surface area contributed by atoms with E-state index in [0.29, 0.717) is 18.1 Å². The standard InChI is InChI=1S/C18H17ClN2O2S2/c19-14-6-3-7-15(11-14)25(22,23)21-10-4-5-13(12-21)18-20-16-8-1-2-9-17(16)24-18/h1-3,6-9,11,13H,4-5,10,12H2/t13-/m1/s1. The predicted octanol–water partition coefficient (Wildman–Crippen LogP) is 4.52. The Labute approximate surface area is 156 Å². The lowest BCUT2D eigenvalue weighted by Gasteiger charge is -2.31. The van der Waals surface area contributed by atoms with Crippen molar-refractivity contribution in [3.63, 3.8) is 0 Å². The first kappa shape index (κ1) is 17.0. The summed E-state index contributed by atoms with van der Waals surface area (Å²) >= 11 is 7.63. The third-order valence-electron chi connectivity index (χ3n) is 4.48. The van der Waals surface area contributed by atoms with E-state index in [1.165, 1.54) is 6.07 Å². The molecule has 0 saturated carbocycles. The summed E-state index contributed by atoms with van der Waals surface area (Å²) in [5, 5.41) is 1.45. The number of rotatable bonds is 3. The minimum atomic E-state index is -3.53. The highest BCUT2D eigenvalue weighted by atomic mass is 35.5. The van der Waals surface area contributed by atoms with Crippen molar-refractivity contribution in [1.29, 1.82) is 0 Å². The number of halogens is 1. The van der Waals surface area contributed by atoms with Crippen molar-refractivity contribution in [3.8, 4) is 0 Å². The molecule has 1 aliphatic heterocycles. The Morgan fingerprint density at radius 1 is 1.16 bits per heavy atom. The number of thiazole rings is 1. The summed E-state index contributed by atoms with van der Waals surface area (Å²) in [5.41, 5.74) is 0.984. The number of hydrogen-bond acceptors (Lipinski definition) is 4. The van der Waals surface area contributed by atoms with Crippen LogP contribution in [0.25, 0.3) is 10.2 Å². The summed E-state index contributed by atoms with van der Waals surface area (Å²) in [6, 6.07) is 14.5. The molecule has 0 amide bonds. The molecule has 1 aliphatic rings. The maximum Gasteiger partial charge on any atom is 0.243 e. The van der Waals surface area contributed by atoms with E-state index >= 15 is 0 Å². The molecule has 1 aromatic heterocycles. The van der Waals surface area contributed by atoms with Gasteiger partial charge < -0.3 is 0 Å². The third kappa shape index (κ3) is 3.31. The van der Waals surface area contributed by atoms with E-state index in [0.717, 1.165) is 28.1 Å². The molecule has 4 nitrogen and oxygen atoms in total. The van der Waals surface area contributed by atoms with Crippen LogP contribution in [0.1, 0.15) is 23.8 Å². The first-order valence-corrected chi connectivity index (χ1v) is 10.8. The van der Waals surface area contributed by atoms with Crippen LogP contribution >= 0.6 is 22.9 Å². The molecule has 1 saturated heterocycles. The fourth-order valence-corrected chi connectivity index (χ4v) is 6.12. The largest absolute Gasteiger partial charge is 0.243 e. The quantitative estimate of drug-likeness (QED) is 0.658. The van der Waals surface area contributed by atoms with E-state index in [-0.39, 0.29) is 10.8 Å². The number of para-hydroxylation sites is 1. The Morgan fingerprint density at radius 3 is 2.80 bits per heavy atom. The van der Waals surface area contributed by atoms with E-state index in [2.05, 4.69) is 6.07 Å². The summed E-state index contributed by atoms with van der Waals surface area (Å²) < 4.78 is 28.6. The van der Waals surface area contributed by atoms with Crippen molar-refractivity contribution in [2.75, 3.05) is 13.1 Å². The molecule has 1 atom stereocenters. The van der Waals surface area contributed by atoms with Crippen LogP contribution in [0.4, 0.5) is 0 Å². The van der Waals surface area contributed by atoms with Crippen LogP contribution in [0, 0.1) is 0 Å². The maximum atomic E-state index is 12.9. The van der Waals surface area contributed by atoms with Crippen LogP contribution in [0.15, 0.2) is 53.4 Å². The predicted molar refractivity (Wildman–Crippen MR) is 102 cm³/mol. The average molecular weight is 393 g/mol. The zero-order valence-corrected chi connectivity index (χ0v) is 15.8. The highest BCUT2D eigenvalue weighted by Gasteiger charge is 2.32. The summed E-state index contributed by atoms with van der Waals surface area (Å²) in [6.07, 6.45) is 1.79. The first-order chi connectivity index (χ1) is 12.0. The first-order valence-electron chi connectivity index (χ1n) is 8.15. The fraction of sp³-hybridized carbons (Fsp3) is 0.278. The number of aromatic nitrogens is 1. The Bertz CT molecular complexity index is 984. The molecule has 7 heteroatoms. The van der Waals surface area contributed by atoms with E-state index < -0.39 is 10.0 Å². The van der Waals surface area contributed by atoms with Crippen LogP contribution in [0.3, 0.4) is 0 Å². The molecule has 0 bridgehead atoms. The maximum absolute atomic E-state index is 12.9. The second-order valence-electron chi connectivity index (χ2n) is 6.18. The lowest BCUT2D eigenvalue weighted by Crippen LogP contribution is -2.39. The Balaban J connectivity index is 1.62. The summed E-state index contributed by atoms with van der Waals surface area (Å²) in [6.45, 7) is 1.00. The minimum absolute atomic E-state index is 0.139. The Morgan fingerprint density at radius 2 is 2.00 bits per heavy atom. The molecule has 25 heavy (non-hydrogen) atoms. The number of fused-ring (bicyclic) bond motifs is 1. The van der Waals surface area contributed by atoms with E-state index in [1.807, 2.05) is 18.2 Å². The minimum Gasteiger partial charge on any atom is -0.241 e. The van der Waals surface area contributed by atoms with Gasteiger partial charge in [-0.15, -0.1) is 11.3 Å². The Kier molecular flexibility index (Phi) is 4.54. The molecular formula is C18H17ClN2O2S2. The van der Waals surface area contributed by atoms with Gasteiger partial charge in [0.1, 0.15) is 0 Å². The topological polar surface area (TPSA) is 50.3 Å². The third-order valence-corrected chi connectivity index (χ3v) is 7.77. The molecular weight excluding hydrogens is 376 g/mol. The van der Waals surface area contributed by atoms with Gasteiger partial charge in [0.2, 0.25) is 10.0 Å². The van der Waals surface area contributed by atoms with Crippen molar-refractivity contribution in [2.24, 2.45) is 0 Å².